The van der Waals surface area contributed by atoms with Crippen LogP contribution in [0.1, 0.15) is 18.5 Å². The minimum Gasteiger partial charge on any atom is -0.313 e. The first-order valence-electron chi connectivity index (χ1n) is 7.02. The quantitative estimate of drug-likeness (QED) is 0.748. The number of pyridine rings is 1. The van der Waals surface area contributed by atoms with Gasteiger partial charge in [-0.3, -0.25) is 0 Å². The molecule has 0 saturated carbocycles. The Morgan fingerprint density at radius 1 is 1.05 bits per heavy atom. The SMILES string of the molecule is CNC(C)c1ccc(Cl)c(-c2ccc3ccccc3n2)c1. The van der Waals surface area contributed by atoms with Crippen molar-refractivity contribution in [3.8, 4) is 11.3 Å². The molecule has 3 aromatic rings. The second-order valence-corrected chi connectivity index (χ2v) is 5.55. The van der Waals surface area contributed by atoms with Crippen LogP contribution in [0.15, 0.2) is 54.6 Å². The Morgan fingerprint density at radius 2 is 1.86 bits per heavy atom. The Labute approximate surface area is 129 Å². The van der Waals surface area contributed by atoms with E-state index in [1.54, 1.807) is 0 Å². The molecule has 21 heavy (non-hydrogen) atoms. The highest BCUT2D eigenvalue weighted by atomic mass is 35.5. The van der Waals surface area contributed by atoms with E-state index in [0.717, 1.165) is 27.2 Å². The third kappa shape index (κ3) is 2.78. The summed E-state index contributed by atoms with van der Waals surface area (Å²) in [6.07, 6.45) is 0. The third-order valence-electron chi connectivity index (χ3n) is 3.80. The van der Waals surface area contributed by atoms with Gasteiger partial charge in [-0.05, 0) is 43.8 Å². The molecular formula is C18H17ClN2. The minimum absolute atomic E-state index is 0.279. The molecule has 2 nitrogen and oxygen atoms in total. The maximum atomic E-state index is 6.37. The average Bonchev–Trinajstić information content (AvgIpc) is 2.54. The van der Waals surface area contributed by atoms with Crippen molar-refractivity contribution in [1.29, 1.82) is 0 Å². The smallest absolute Gasteiger partial charge is 0.0724 e. The van der Waals surface area contributed by atoms with Gasteiger partial charge < -0.3 is 5.32 Å². The minimum atomic E-state index is 0.279. The van der Waals surface area contributed by atoms with Gasteiger partial charge in [0.05, 0.1) is 11.2 Å². The van der Waals surface area contributed by atoms with Crippen molar-refractivity contribution in [2.24, 2.45) is 0 Å². The summed E-state index contributed by atoms with van der Waals surface area (Å²) < 4.78 is 0. The van der Waals surface area contributed by atoms with Crippen LogP contribution >= 0.6 is 11.6 Å². The van der Waals surface area contributed by atoms with E-state index in [1.165, 1.54) is 5.56 Å². The van der Waals surface area contributed by atoms with Crippen molar-refractivity contribution in [3.63, 3.8) is 0 Å². The molecule has 0 saturated heterocycles. The normalized spacial score (nSPS) is 12.5. The van der Waals surface area contributed by atoms with Gasteiger partial charge in [-0.25, -0.2) is 4.98 Å². The van der Waals surface area contributed by atoms with E-state index in [9.17, 15) is 0 Å². The van der Waals surface area contributed by atoms with Crippen LogP contribution in [0.3, 0.4) is 0 Å². The Kier molecular flexibility index (Phi) is 3.91. The number of fused-ring (bicyclic) bond motifs is 1. The van der Waals surface area contributed by atoms with Crippen LogP contribution in [-0.4, -0.2) is 12.0 Å². The van der Waals surface area contributed by atoms with E-state index in [4.69, 9.17) is 16.6 Å². The van der Waals surface area contributed by atoms with E-state index in [2.05, 4.69) is 30.4 Å². The molecule has 1 heterocycles. The lowest BCUT2D eigenvalue weighted by molar-refractivity contribution is 0.652. The lowest BCUT2D eigenvalue weighted by Crippen LogP contribution is -2.12. The number of aromatic nitrogens is 1. The zero-order chi connectivity index (χ0) is 14.8. The van der Waals surface area contributed by atoms with Crippen molar-refractivity contribution in [2.45, 2.75) is 13.0 Å². The highest BCUT2D eigenvalue weighted by molar-refractivity contribution is 6.33. The van der Waals surface area contributed by atoms with E-state index in [1.807, 2.05) is 43.4 Å². The number of rotatable bonds is 3. The lowest BCUT2D eigenvalue weighted by atomic mass is 10.0. The fourth-order valence-electron chi connectivity index (χ4n) is 2.39. The second kappa shape index (κ2) is 5.84. The molecule has 3 heteroatoms. The average molecular weight is 297 g/mol. The molecule has 106 valence electrons. The van der Waals surface area contributed by atoms with Gasteiger partial charge in [-0.1, -0.05) is 41.9 Å². The molecule has 0 aliphatic rings. The highest BCUT2D eigenvalue weighted by Gasteiger charge is 2.10. The molecule has 1 unspecified atom stereocenters. The van der Waals surface area contributed by atoms with Gasteiger partial charge >= 0.3 is 0 Å². The first-order chi connectivity index (χ1) is 10.2. The van der Waals surface area contributed by atoms with Crippen LogP contribution in [0.25, 0.3) is 22.2 Å². The van der Waals surface area contributed by atoms with Crippen LogP contribution in [0.2, 0.25) is 5.02 Å². The number of benzene rings is 2. The maximum Gasteiger partial charge on any atom is 0.0724 e. The first kappa shape index (κ1) is 14.1. The molecule has 0 bridgehead atoms. The molecule has 1 atom stereocenters. The number of halogens is 1. The summed E-state index contributed by atoms with van der Waals surface area (Å²) in [7, 11) is 1.95. The Bertz CT molecular complexity index is 783. The summed E-state index contributed by atoms with van der Waals surface area (Å²) in [6.45, 7) is 2.13. The van der Waals surface area contributed by atoms with Gasteiger partial charge in [0.15, 0.2) is 0 Å². The number of para-hydroxylation sites is 1. The summed E-state index contributed by atoms with van der Waals surface area (Å²) in [5.74, 6) is 0. The van der Waals surface area contributed by atoms with E-state index in [-0.39, 0.29) is 6.04 Å². The molecule has 1 N–H and O–H groups in total. The highest BCUT2D eigenvalue weighted by Crippen LogP contribution is 2.30. The largest absolute Gasteiger partial charge is 0.313 e. The van der Waals surface area contributed by atoms with Crippen molar-refractivity contribution in [2.75, 3.05) is 7.05 Å². The first-order valence-corrected chi connectivity index (χ1v) is 7.39. The molecule has 0 fully saturated rings. The third-order valence-corrected chi connectivity index (χ3v) is 4.13. The number of nitrogens with zero attached hydrogens (tertiary/aromatic N) is 1. The summed E-state index contributed by atoms with van der Waals surface area (Å²) in [5.41, 5.74) is 4.07. The fraction of sp³-hybridized carbons (Fsp3) is 0.167. The van der Waals surface area contributed by atoms with E-state index < -0.39 is 0 Å². The summed E-state index contributed by atoms with van der Waals surface area (Å²) in [5, 5.41) is 5.11. The predicted octanol–water partition coefficient (Wildman–Crippen LogP) is 4.84. The van der Waals surface area contributed by atoms with Crippen molar-refractivity contribution >= 4 is 22.5 Å². The zero-order valence-electron chi connectivity index (χ0n) is 12.1. The monoisotopic (exact) mass is 296 g/mol. The second-order valence-electron chi connectivity index (χ2n) is 5.14. The summed E-state index contributed by atoms with van der Waals surface area (Å²) in [4.78, 5) is 4.73. The maximum absolute atomic E-state index is 6.37. The van der Waals surface area contributed by atoms with Crippen LogP contribution < -0.4 is 5.32 Å². The molecule has 0 spiro atoms. The number of hydrogen-bond acceptors (Lipinski definition) is 2. The molecule has 0 aliphatic heterocycles. The van der Waals surface area contributed by atoms with Gasteiger partial charge in [0, 0.05) is 22.0 Å². The van der Waals surface area contributed by atoms with E-state index in [0.29, 0.717) is 0 Å². The predicted molar refractivity (Wildman–Crippen MR) is 89.7 cm³/mol. The summed E-state index contributed by atoms with van der Waals surface area (Å²) >= 11 is 6.37. The van der Waals surface area contributed by atoms with Crippen LogP contribution in [0.4, 0.5) is 0 Å². The van der Waals surface area contributed by atoms with Gasteiger partial charge in [-0.15, -0.1) is 0 Å². The van der Waals surface area contributed by atoms with Crippen LogP contribution in [0, 0.1) is 0 Å². The topological polar surface area (TPSA) is 24.9 Å². The molecular weight excluding hydrogens is 280 g/mol. The molecule has 0 amide bonds. The van der Waals surface area contributed by atoms with Crippen molar-refractivity contribution in [1.82, 2.24) is 10.3 Å². The Hall–Kier alpha value is -1.90. The van der Waals surface area contributed by atoms with E-state index >= 15 is 0 Å². The van der Waals surface area contributed by atoms with Gasteiger partial charge in [0.2, 0.25) is 0 Å². The van der Waals surface area contributed by atoms with Crippen molar-refractivity contribution in [3.05, 3.63) is 65.2 Å². The van der Waals surface area contributed by atoms with Gasteiger partial charge in [0.25, 0.3) is 0 Å². The molecule has 3 rings (SSSR count). The zero-order valence-corrected chi connectivity index (χ0v) is 12.9. The van der Waals surface area contributed by atoms with Gasteiger partial charge in [-0.2, -0.15) is 0 Å². The number of nitrogens with one attached hydrogen (secondary N) is 1. The lowest BCUT2D eigenvalue weighted by Gasteiger charge is -2.13. The van der Waals surface area contributed by atoms with Crippen LogP contribution in [0.5, 0.6) is 0 Å². The van der Waals surface area contributed by atoms with Crippen LogP contribution in [-0.2, 0) is 0 Å². The molecule has 1 aromatic heterocycles. The molecule has 2 aromatic carbocycles. The standard InChI is InChI=1S/C18H17ClN2/c1-12(20-2)14-7-9-16(19)15(11-14)18-10-8-13-5-3-4-6-17(13)21-18/h3-12,20H,1-2H3. The molecule has 0 aliphatic carbocycles. The Morgan fingerprint density at radius 3 is 2.67 bits per heavy atom. The Balaban J connectivity index is 2.12. The number of hydrogen-bond donors (Lipinski definition) is 1. The fourth-order valence-corrected chi connectivity index (χ4v) is 2.61. The summed E-state index contributed by atoms with van der Waals surface area (Å²) in [6, 6.07) is 18.6. The molecule has 0 radical (unpaired) electrons. The van der Waals surface area contributed by atoms with Crippen molar-refractivity contribution < 1.29 is 0 Å². The van der Waals surface area contributed by atoms with Gasteiger partial charge in [0.1, 0.15) is 0 Å².